The van der Waals surface area contributed by atoms with Crippen LogP contribution in [-0.2, 0) is 11.2 Å². The number of thiophene rings is 1. The molecular formula is C21H20O4S. The lowest BCUT2D eigenvalue weighted by molar-refractivity contribution is -0.136. The molecule has 5 heteroatoms. The van der Waals surface area contributed by atoms with E-state index in [0.717, 1.165) is 37.9 Å². The summed E-state index contributed by atoms with van der Waals surface area (Å²) in [7, 11) is 3.29. The number of benzene rings is 2. The molecule has 0 bridgehead atoms. The summed E-state index contributed by atoms with van der Waals surface area (Å²) < 4.78 is 10.5. The minimum absolute atomic E-state index is 0.130. The van der Waals surface area contributed by atoms with E-state index in [4.69, 9.17) is 14.6 Å². The summed E-state index contributed by atoms with van der Waals surface area (Å²) in [5.74, 6) is 0.832. The summed E-state index contributed by atoms with van der Waals surface area (Å²) >= 11 is 1.64. The van der Waals surface area contributed by atoms with Gasteiger partial charge >= 0.3 is 5.97 Å². The zero-order valence-electron chi connectivity index (χ0n) is 14.7. The van der Waals surface area contributed by atoms with Crippen molar-refractivity contribution in [2.24, 2.45) is 0 Å². The van der Waals surface area contributed by atoms with Crippen LogP contribution in [0.2, 0.25) is 0 Å². The Kier molecular flexibility index (Phi) is 5.58. The number of hydrogen-bond donors (Lipinski definition) is 1. The molecule has 3 aromatic rings. The first-order valence-electron chi connectivity index (χ1n) is 8.24. The van der Waals surface area contributed by atoms with Gasteiger partial charge in [-0.2, -0.15) is 0 Å². The summed E-state index contributed by atoms with van der Waals surface area (Å²) in [6.07, 6.45) is 0.657. The fraction of sp³-hybridized carbons (Fsp3) is 0.190. The van der Waals surface area contributed by atoms with Crippen LogP contribution in [0.3, 0.4) is 0 Å². The second-order valence-electron chi connectivity index (χ2n) is 5.81. The van der Waals surface area contributed by atoms with Crippen LogP contribution in [0.1, 0.15) is 11.3 Å². The van der Waals surface area contributed by atoms with Crippen LogP contribution < -0.4 is 9.47 Å². The Balaban J connectivity index is 2.02. The average molecular weight is 368 g/mol. The van der Waals surface area contributed by atoms with E-state index in [9.17, 15) is 4.79 Å². The zero-order valence-corrected chi connectivity index (χ0v) is 15.5. The van der Waals surface area contributed by atoms with E-state index in [1.54, 1.807) is 25.6 Å². The van der Waals surface area contributed by atoms with Crippen molar-refractivity contribution >= 4 is 17.3 Å². The molecule has 1 aromatic heterocycles. The minimum atomic E-state index is -0.782. The van der Waals surface area contributed by atoms with Crippen molar-refractivity contribution < 1.29 is 19.4 Å². The number of ether oxygens (including phenoxy) is 2. The third-order valence-electron chi connectivity index (χ3n) is 4.12. The van der Waals surface area contributed by atoms with Crippen molar-refractivity contribution in [1.82, 2.24) is 0 Å². The first kappa shape index (κ1) is 18.0. The van der Waals surface area contributed by atoms with Crippen molar-refractivity contribution in [3.05, 3.63) is 59.5 Å². The molecule has 3 rings (SSSR count). The van der Waals surface area contributed by atoms with Crippen LogP contribution in [-0.4, -0.2) is 25.3 Å². The molecule has 4 nitrogen and oxygen atoms in total. The lowest BCUT2D eigenvalue weighted by Crippen LogP contribution is -1.95. The van der Waals surface area contributed by atoms with Crippen LogP contribution in [0, 0.1) is 0 Å². The van der Waals surface area contributed by atoms with Gasteiger partial charge in [-0.1, -0.05) is 12.1 Å². The molecule has 2 aromatic carbocycles. The molecule has 0 aliphatic rings. The third kappa shape index (κ3) is 4.06. The zero-order chi connectivity index (χ0) is 18.5. The molecule has 1 heterocycles. The largest absolute Gasteiger partial charge is 0.497 e. The second-order valence-corrected chi connectivity index (χ2v) is 6.94. The van der Waals surface area contributed by atoms with Crippen LogP contribution >= 0.6 is 11.3 Å². The van der Waals surface area contributed by atoms with Gasteiger partial charge in [0.25, 0.3) is 0 Å². The highest BCUT2D eigenvalue weighted by Gasteiger charge is 2.14. The lowest BCUT2D eigenvalue weighted by atomic mass is 10.0. The fourth-order valence-corrected chi connectivity index (χ4v) is 3.92. The number of methoxy groups -OCH3 is 2. The number of aliphatic carboxylic acids is 1. The first-order chi connectivity index (χ1) is 12.6. The van der Waals surface area contributed by atoms with Crippen LogP contribution in [0.5, 0.6) is 11.5 Å². The molecule has 0 unspecified atom stereocenters. The maximum Gasteiger partial charge on any atom is 0.303 e. The van der Waals surface area contributed by atoms with E-state index >= 15 is 0 Å². The van der Waals surface area contributed by atoms with Crippen molar-refractivity contribution in [3.63, 3.8) is 0 Å². The van der Waals surface area contributed by atoms with E-state index in [-0.39, 0.29) is 6.42 Å². The monoisotopic (exact) mass is 368 g/mol. The molecule has 0 radical (unpaired) electrons. The number of rotatable bonds is 7. The molecule has 0 aliphatic heterocycles. The smallest absolute Gasteiger partial charge is 0.303 e. The molecular weight excluding hydrogens is 348 g/mol. The van der Waals surface area contributed by atoms with Crippen molar-refractivity contribution in [2.45, 2.75) is 12.8 Å². The van der Waals surface area contributed by atoms with Crippen molar-refractivity contribution in [3.8, 4) is 33.1 Å². The number of carbonyl (C=O) groups is 1. The quantitative estimate of drug-likeness (QED) is 0.629. The van der Waals surface area contributed by atoms with Gasteiger partial charge in [0.15, 0.2) is 0 Å². The first-order valence-corrected chi connectivity index (χ1v) is 9.05. The normalized spacial score (nSPS) is 10.5. The van der Waals surface area contributed by atoms with Gasteiger partial charge in [0, 0.05) is 15.3 Å². The average Bonchev–Trinajstić information content (AvgIpc) is 3.11. The molecule has 0 atom stereocenters. The number of carboxylic acids is 1. The molecule has 0 fully saturated rings. The maximum absolute atomic E-state index is 10.9. The Morgan fingerprint density at radius 3 is 1.96 bits per heavy atom. The summed E-state index contributed by atoms with van der Waals surface area (Å²) in [6, 6.07) is 17.9. The van der Waals surface area contributed by atoms with Gasteiger partial charge in [-0.25, -0.2) is 0 Å². The van der Waals surface area contributed by atoms with E-state index in [0.29, 0.717) is 6.42 Å². The molecule has 0 saturated carbocycles. The molecule has 0 spiro atoms. The summed E-state index contributed by atoms with van der Waals surface area (Å²) in [4.78, 5) is 13.1. The Morgan fingerprint density at radius 1 is 0.923 bits per heavy atom. The topological polar surface area (TPSA) is 55.8 Å². The van der Waals surface area contributed by atoms with E-state index in [1.165, 1.54) is 0 Å². The summed E-state index contributed by atoms with van der Waals surface area (Å²) in [6.45, 7) is 0. The van der Waals surface area contributed by atoms with Gasteiger partial charge in [-0.05, 0) is 60.0 Å². The highest BCUT2D eigenvalue weighted by molar-refractivity contribution is 7.16. The Labute approximate surface area is 156 Å². The molecule has 0 aliphatic carbocycles. The van der Waals surface area contributed by atoms with Gasteiger partial charge in [-0.3, -0.25) is 4.79 Å². The number of aryl methyl sites for hydroxylation is 1. The molecule has 26 heavy (non-hydrogen) atoms. The predicted molar refractivity (Wildman–Crippen MR) is 104 cm³/mol. The molecule has 0 amide bonds. The minimum Gasteiger partial charge on any atom is -0.497 e. The van der Waals surface area contributed by atoms with Gasteiger partial charge in [0.1, 0.15) is 11.5 Å². The van der Waals surface area contributed by atoms with Gasteiger partial charge in [0.05, 0.1) is 20.6 Å². The van der Waals surface area contributed by atoms with E-state index in [2.05, 4.69) is 6.07 Å². The molecule has 134 valence electrons. The van der Waals surface area contributed by atoms with Crippen LogP contribution in [0.25, 0.3) is 21.6 Å². The summed E-state index contributed by atoms with van der Waals surface area (Å²) in [5.41, 5.74) is 3.26. The van der Waals surface area contributed by atoms with Gasteiger partial charge in [-0.15, -0.1) is 11.3 Å². The van der Waals surface area contributed by atoms with Crippen LogP contribution in [0.4, 0.5) is 0 Å². The van der Waals surface area contributed by atoms with E-state index in [1.807, 2.05) is 48.5 Å². The van der Waals surface area contributed by atoms with E-state index < -0.39 is 5.97 Å². The fourth-order valence-electron chi connectivity index (χ4n) is 2.74. The summed E-state index contributed by atoms with van der Waals surface area (Å²) in [5, 5.41) is 8.98. The SMILES string of the molecule is COc1ccc(-c2cc(CCC(=O)O)sc2-c2ccc(OC)cc2)cc1. The predicted octanol–water partition coefficient (Wildman–Crippen LogP) is 5.12. The third-order valence-corrected chi connectivity index (χ3v) is 5.37. The number of hydrogen-bond acceptors (Lipinski definition) is 4. The second kappa shape index (κ2) is 8.06. The van der Waals surface area contributed by atoms with Crippen molar-refractivity contribution in [1.29, 1.82) is 0 Å². The Morgan fingerprint density at radius 2 is 1.46 bits per heavy atom. The van der Waals surface area contributed by atoms with Crippen molar-refractivity contribution in [2.75, 3.05) is 14.2 Å². The Bertz CT molecular complexity index is 814. The standard InChI is InChI=1S/C21H20O4S/c1-24-16-7-3-14(4-8-16)19-13-18(11-12-20(22)23)26-21(19)15-5-9-17(25-2)10-6-15/h3-10,13H,11-12H2,1-2H3,(H,22,23). The lowest BCUT2D eigenvalue weighted by Gasteiger charge is -2.07. The number of carboxylic acid groups (broad SMARTS) is 1. The highest BCUT2D eigenvalue weighted by atomic mass is 32.1. The molecule has 1 N–H and O–H groups in total. The van der Waals surface area contributed by atoms with Gasteiger partial charge < -0.3 is 14.6 Å². The van der Waals surface area contributed by atoms with Gasteiger partial charge in [0.2, 0.25) is 0 Å². The Hall–Kier alpha value is -2.79. The highest BCUT2D eigenvalue weighted by Crippen LogP contribution is 2.40. The van der Waals surface area contributed by atoms with Crippen LogP contribution in [0.15, 0.2) is 54.6 Å². The molecule has 0 saturated heterocycles. The maximum atomic E-state index is 10.9.